The van der Waals surface area contributed by atoms with Gasteiger partial charge in [0, 0.05) is 4.90 Å². The third-order valence-corrected chi connectivity index (χ3v) is 31.0. The van der Waals surface area contributed by atoms with E-state index >= 15 is 0 Å². The van der Waals surface area contributed by atoms with Crippen molar-refractivity contribution in [2.75, 3.05) is 6.61 Å². The minimum atomic E-state index is -2.33. The highest BCUT2D eigenvalue weighted by Crippen LogP contribution is 2.51. The smallest absolute Gasteiger partial charge is 0.201 e. The van der Waals surface area contributed by atoms with Crippen LogP contribution in [-0.2, 0) is 18.0 Å². The summed E-state index contributed by atoms with van der Waals surface area (Å²) in [5.41, 5.74) is 3.98. The predicted molar refractivity (Wildman–Crippen MR) is 210 cm³/mol. The minimum absolute atomic E-state index is 0.169. The van der Waals surface area contributed by atoms with Crippen molar-refractivity contribution < 1.29 is 18.0 Å². The van der Waals surface area contributed by atoms with E-state index in [0.29, 0.717) is 56.5 Å². The van der Waals surface area contributed by atoms with Crippen LogP contribution in [0, 0.1) is 0 Å². The molecule has 1 fully saturated rings. The number of rotatable bonds is 17. The molecule has 8 heteroatoms. The summed E-state index contributed by atoms with van der Waals surface area (Å²) < 4.78 is 30.6. The summed E-state index contributed by atoms with van der Waals surface area (Å²) in [4.78, 5) is 1.21. The van der Waals surface area contributed by atoms with Gasteiger partial charge in [-0.25, -0.2) is 0 Å². The SMILES string of the molecule is CC(C)[Si](O[C@@H]1[C@@H](O[Si](C(C)C)(C(C)C)C(C)C)[C@H](Sc2ccccc2)OC[C@H]1O[Si](C(C)C)(C(C)C)C(C)C)(C(C)C)C(C)C. The molecule has 4 nitrogen and oxygen atoms in total. The number of hydrogen-bond donors (Lipinski definition) is 0. The van der Waals surface area contributed by atoms with E-state index < -0.39 is 25.0 Å². The van der Waals surface area contributed by atoms with Gasteiger partial charge in [-0.3, -0.25) is 0 Å². The Morgan fingerprint density at radius 3 is 1.17 bits per heavy atom. The van der Waals surface area contributed by atoms with Crippen LogP contribution < -0.4 is 0 Å². The van der Waals surface area contributed by atoms with Gasteiger partial charge in [-0.15, -0.1) is 0 Å². The van der Waals surface area contributed by atoms with E-state index in [9.17, 15) is 0 Å². The van der Waals surface area contributed by atoms with Crippen molar-refractivity contribution in [3.05, 3.63) is 30.3 Å². The number of thioether (sulfide) groups is 1. The van der Waals surface area contributed by atoms with E-state index in [4.69, 9.17) is 18.0 Å². The molecule has 268 valence electrons. The molecule has 0 spiro atoms. The topological polar surface area (TPSA) is 36.9 Å². The summed E-state index contributed by atoms with van der Waals surface area (Å²) in [5, 5.41) is 0. The lowest BCUT2D eigenvalue weighted by Gasteiger charge is -2.55. The average molecular weight is 711 g/mol. The van der Waals surface area contributed by atoms with Gasteiger partial charge >= 0.3 is 0 Å². The molecule has 1 aromatic rings. The Kier molecular flexibility index (Phi) is 15.9. The van der Waals surface area contributed by atoms with Crippen molar-refractivity contribution in [3.63, 3.8) is 0 Å². The Balaban J connectivity index is 2.93. The third-order valence-electron chi connectivity index (χ3n) is 11.5. The van der Waals surface area contributed by atoms with Crippen molar-refractivity contribution in [2.24, 2.45) is 0 Å². The number of hydrogen-bond acceptors (Lipinski definition) is 5. The summed E-state index contributed by atoms with van der Waals surface area (Å²) in [7, 11) is -6.92. The second kappa shape index (κ2) is 17.3. The Labute approximate surface area is 293 Å². The molecule has 0 radical (unpaired) electrons. The quantitative estimate of drug-likeness (QED) is 0.150. The van der Waals surface area contributed by atoms with Gasteiger partial charge in [-0.1, -0.05) is 155 Å². The predicted octanol–water partition coefficient (Wildman–Crippen LogP) is 12.8. The van der Waals surface area contributed by atoms with Crippen LogP contribution >= 0.6 is 11.8 Å². The second-order valence-electron chi connectivity index (χ2n) is 16.9. The van der Waals surface area contributed by atoms with Crippen LogP contribution in [0.4, 0.5) is 0 Å². The molecule has 0 aliphatic carbocycles. The molecule has 0 amide bonds. The maximum absolute atomic E-state index is 7.97. The summed E-state index contributed by atoms with van der Waals surface area (Å²) in [6, 6.07) is 10.7. The molecule has 4 atom stereocenters. The first-order valence-electron chi connectivity index (χ1n) is 18.6. The lowest BCUT2D eigenvalue weighted by atomic mass is 10.1. The van der Waals surface area contributed by atoms with Crippen LogP contribution in [0.1, 0.15) is 125 Å². The number of ether oxygens (including phenoxy) is 1. The van der Waals surface area contributed by atoms with Crippen LogP contribution in [0.2, 0.25) is 49.9 Å². The highest BCUT2D eigenvalue weighted by Gasteiger charge is 2.58. The molecule has 2 rings (SSSR count). The molecule has 0 aromatic heterocycles. The van der Waals surface area contributed by atoms with Crippen molar-refractivity contribution >= 4 is 36.7 Å². The lowest BCUT2D eigenvalue weighted by Crippen LogP contribution is -2.66. The van der Waals surface area contributed by atoms with Crippen molar-refractivity contribution in [2.45, 2.75) is 203 Å². The zero-order valence-electron chi connectivity index (χ0n) is 33.1. The average Bonchev–Trinajstić information content (AvgIpc) is 2.93. The van der Waals surface area contributed by atoms with Crippen molar-refractivity contribution in [1.82, 2.24) is 0 Å². The first kappa shape index (κ1) is 42.2. The summed E-state index contributed by atoms with van der Waals surface area (Å²) >= 11 is 1.81. The van der Waals surface area contributed by atoms with Crippen LogP contribution in [0.3, 0.4) is 0 Å². The Morgan fingerprint density at radius 2 is 0.826 bits per heavy atom. The summed E-state index contributed by atoms with van der Waals surface area (Å²) in [6.45, 7) is 43.6. The van der Waals surface area contributed by atoms with Gasteiger partial charge in [0.2, 0.25) is 25.0 Å². The van der Waals surface area contributed by atoms with E-state index in [1.54, 1.807) is 0 Å². The zero-order valence-corrected chi connectivity index (χ0v) is 37.0. The molecule has 1 aliphatic rings. The molecule has 1 saturated heterocycles. The molecule has 0 unspecified atom stereocenters. The van der Waals surface area contributed by atoms with Crippen molar-refractivity contribution in [1.29, 1.82) is 0 Å². The standard InChI is InChI=1S/C38H74O4SSi3/c1-25(2)44(26(3)4,27(5)6)40-35-24-39-38(43-34-22-20-19-21-23-34)37(42-46(31(13)14,32(15)16)33(17)18)36(35)41-45(28(7)8,29(9)10)30(11)12/h19-23,25-33,35-38H,24H2,1-18H3/t35-,36+,37-,38+/m1/s1. The molecule has 0 bridgehead atoms. The maximum atomic E-state index is 7.97. The summed E-state index contributed by atoms with van der Waals surface area (Å²) in [6.07, 6.45) is -0.595. The maximum Gasteiger partial charge on any atom is 0.201 e. The monoisotopic (exact) mass is 710 g/mol. The van der Waals surface area contributed by atoms with E-state index in [2.05, 4.69) is 155 Å². The van der Waals surface area contributed by atoms with Gasteiger partial charge in [-0.2, -0.15) is 0 Å². The third kappa shape index (κ3) is 8.50. The Morgan fingerprint density at radius 1 is 0.500 bits per heavy atom. The van der Waals surface area contributed by atoms with Crippen LogP contribution in [0.25, 0.3) is 0 Å². The zero-order chi connectivity index (χ0) is 35.4. The fraction of sp³-hybridized carbons (Fsp3) is 0.842. The number of benzene rings is 1. The first-order chi connectivity index (χ1) is 21.2. The van der Waals surface area contributed by atoms with Gasteiger partial charge in [0.25, 0.3) is 0 Å². The Bertz CT molecular complexity index is 963. The molecule has 0 N–H and O–H groups in total. The van der Waals surface area contributed by atoms with Crippen LogP contribution in [-0.4, -0.2) is 55.3 Å². The largest absolute Gasteiger partial charge is 0.408 e. The van der Waals surface area contributed by atoms with Gasteiger partial charge in [0.1, 0.15) is 17.6 Å². The molecular weight excluding hydrogens is 637 g/mol. The fourth-order valence-corrected chi connectivity index (χ4v) is 27.6. The molecule has 0 saturated carbocycles. The van der Waals surface area contributed by atoms with E-state index in [0.717, 1.165) is 0 Å². The van der Waals surface area contributed by atoms with Gasteiger partial charge < -0.3 is 18.0 Å². The second-order valence-corrected chi connectivity index (χ2v) is 34.3. The van der Waals surface area contributed by atoms with Crippen LogP contribution in [0.15, 0.2) is 35.2 Å². The molecule has 1 aliphatic heterocycles. The molecule has 1 heterocycles. The van der Waals surface area contributed by atoms with E-state index in [1.807, 2.05) is 11.8 Å². The normalized spacial score (nSPS) is 22.3. The minimum Gasteiger partial charge on any atom is -0.408 e. The first-order valence-corrected chi connectivity index (χ1v) is 25.9. The van der Waals surface area contributed by atoms with E-state index in [1.165, 1.54) is 4.90 Å². The van der Waals surface area contributed by atoms with Crippen molar-refractivity contribution in [3.8, 4) is 0 Å². The Hall–Kier alpha value is 0.0606. The fourth-order valence-electron chi connectivity index (χ4n) is 9.81. The van der Waals surface area contributed by atoms with Gasteiger partial charge in [-0.05, 0) is 62.0 Å². The lowest BCUT2D eigenvalue weighted by molar-refractivity contribution is -0.148. The van der Waals surface area contributed by atoms with E-state index in [-0.39, 0.29) is 23.7 Å². The van der Waals surface area contributed by atoms with Gasteiger partial charge in [0.05, 0.1) is 12.7 Å². The van der Waals surface area contributed by atoms with Gasteiger partial charge in [0.15, 0.2) is 0 Å². The highest BCUT2D eigenvalue weighted by molar-refractivity contribution is 7.99. The van der Waals surface area contributed by atoms with Crippen LogP contribution in [0.5, 0.6) is 0 Å². The molecule has 46 heavy (non-hydrogen) atoms. The molecule has 1 aromatic carbocycles. The highest BCUT2D eigenvalue weighted by atomic mass is 32.2. The molecular formula is C38H74O4SSi3. The summed E-state index contributed by atoms with van der Waals surface area (Å²) in [5.74, 6) is 0.